The van der Waals surface area contributed by atoms with Crippen molar-refractivity contribution >= 4 is 27.3 Å². The van der Waals surface area contributed by atoms with Gasteiger partial charge < -0.3 is 4.74 Å². The smallest absolute Gasteiger partial charge is 0.261 e. The fourth-order valence-corrected chi connectivity index (χ4v) is 3.14. The van der Waals surface area contributed by atoms with Gasteiger partial charge in [-0.25, -0.2) is 8.42 Å². The van der Waals surface area contributed by atoms with E-state index in [1.807, 2.05) is 0 Å². The zero-order valence-electron chi connectivity index (χ0n) is 12.2. The third kappa shape index (κ3) is 3.81. The van der Waals surface area contributed by atoms with Gasteiger partial charge in [0.25, 0.3) is 10.0 Å². The van der Waals surface area contributed by atoms with Gasteiger partial charge in [-0.3, -0.25) is 4.72 Å². The number of sulfonamides is 1. The number of benzene rings is 2. The largest absolute Gasteiger partial charge is 0.497 e. The Kier molecular flexibility index (Phi) is 5.11. The van der Waals surface area contributed by atoms with Crippen LogP contribution in [0.3, 0.4) is 0 Å². The summed E-state index contributed by atoms with van der Waals surface area (Å²) in [5.74, 6) is 0.600. The first-order valence-electron chi connectivity index (χ1n) is 6.55. The molecule has 0 unspecified atom stereocenters. The molecule has 22 heavy (non-hydrogen) atoms. The van der Waals surface area contributed by atoms with Gasteiger partial charge in [0.15, 0.2) is 0 Å². The van der Waals surface area contributed by atoms with E-state index in [2.05, 4.69) is 4.72 Å². The second-order valence-electron chi connectivity index (χ2n) is 4.49. The highest BCUT2D eigenvalue weighted by Gasteiger charge is 2.16. The van der Waals surface area contributed by atoms with E-state index < -0.39 is 10.0 Å². The summed E-state index contributed by atoms with van der Waals surface area (Å²) in [5, 5.41) is 0.595. The molecule has 2 rings (SSSR count). The van der Waals surface area contributed by atoms with E-state index in [-0.39, 0.29) is 4.90 Å². The lowest BCUT2D eigenvalue weighted by Crippen LogP contribution is -2.22. The van der Waals surface area contributed by atoms with Crippen LogP contribution < -0.4 is 9.46 Å². The summed E-state index contributed by atoms with van der Waals surface area (Å²) in [6.07, 6.45) is 1.70. The summed E-state index contributed by atoms with van der Waals surface area (Å²) in [5.41, 5.74) is 1.23. The van der Waals surface area contributed by atoms with Crippen LogP contribution >= 0.6 is 11.6 Å². The highest BCUT2D eigenvalue weighted by atomic mass is 35.5. The normalized spacial score (nSPS) is 12.0. The first-order valence-corrected chi connectivity index (χ1v) is 8.41. The highest BCUT2D eigenvalue weighted by Crippen LogP contribution is 2.20. The molecule has 0 saturated heterocycles. The number of nitrogens with one attached hydrogen (secondary N) is 1. The fourth-order valence-electron chi connectivity index (χ4n) is 1.87. The molecule has 0 aliphatic heterocycles. The quantitative estimate of drug-likeness (QED) is 0.905. The van der Waals surface area contributed by atoms with E-state index in [1.165, 1.54) is 19.2 Å². The molecule has 2 aromatic rings. The topological polar surface area (TPSA) is 55.4 Å². The van der Waals surface area contributed by atoms with Crippen LogP contribution in [0.4, 0.5) is 0 Å². The van der Waals surface area contributed by atoms with Gasteiger partial charge in [0.1, 0.15) is 5.75 Å². The predicted molar refractivity (Wildman–Crippen MR) is 88.4 cm³/mol. The molecule has 0 aromatic heterocycles. The van der Waals surface area contributed by atoms with Gasteiger partial charge in [-0.1, -0.05) is 29.8 Å². The van der Waals surface area contributed by atoms with E-state index in [1.54, 1.807) is 49.4 Å². The molecule has 0 aliphatic rings. The van der Waals surface area contributed by atoms with Crippen molar-refractivity contribution in [3.05, 3.63) is 65.2 Å². The summed E-state index contributed by atoms with van der Waals surface area (Å²) in [4.78, 5) is 0.168. The molecule has 0 atom stereocenters. The average molecular weight is 338 g/mol. The zero-order valence-corrected chi connectivity index (χ0v) is 13.8. The highest BCUT2D eigenvalue weighted by molar-refractivity contribution is 7.89. The number of hydrogen-bond acceptors (Lipinski definition) is 3. The lowest BCUT2D eigenvalue weighted by atomic mass is 10.1. The van der Waals surface area contributed by atoms with Crippen molar-refractivity contribution in [2.24, 2.45) is 0 Å². The summed E-state index contributed by atoms with van der Waals surface area (Å²) >= 11 is 5.85. The van der Waals surface area contributed by atoms with Crippen molar-refractivity contribution in [1.82, 2.24) is 4.72 Å². The van der Waals surface area contributed by atoms with Crippen molar-refractivity contribution < 1.29 is 13.2 Å². The number of halogens is 1. The monoisotopic (exact) mass is 337 g/mol. The van der Waals surface area contributed by atoms with Gasteiger partial charge in [-0.15, -0.1) is 0 Å². The third-order valence-corrected chi connectivity index (χ3v) is 4.69. The van der Waals surface area contributed by atoms with Crippen molar-refractivity contribution in [1.29, 1.82) is 0 Å². The van der Waals surface area contributed by atoms with Crippen molar-refractivity contribution in [2.45, 2.75) is 11.8 Å². The molecular formula is C16H16ClNO3S. The minimum atomic E-state index is -3.66. The molecule has 2 aromatic carbocycles. The van der Waals surface area contributed by atoms with Crippen LogP contribution in [-0.2, 0) is 10.0 Å². The summed E-state index contributed by atoms with van der Waals surface area (Å²) < 4.78 is 32.5. The standard InChI is InChI=1S/C16H16ClNO3S/c1-3-16(12-4-6-13(17)7-5-12)18-22(19,20)15-10-8-14(21-2)9-11-15/h3-11,18H,1-2H3/b16-3+. The van der Waals surface area contributed by atoms with E-state index in [0.717, 1.165) is 5.56 Å². The number of allylic oxidation sites excluding steroid dienone is 1. The Morgan fingerprint density at radius 2 is 1.68 bits per heavy atom. The number of rotatable bonds is 5. The maximum Gasteiger partial charge on any atom is 0.261 e. The Hall–Kier alpha value is -1.98. The molecule has 1 N–H and O–H groups in total. The number of hydrogen-bond donors (Lipinski definition) is 1. The molecule has 0 bridgehead atoms. The zero-order chi connectivity index (χ0) is 16.2. The molecule has 0 heterocycles. The van der Waals surface area contributed by atoms with Crippen molar-refractivity contribution in [2.75, 3.05) is 7.11 Å². The van der Waals surface area contributed by atoms with Crippen LogP contribution in [0.25, 0.3) is 5.70 Å². The second-order valence-corrected chi connectivity index (χ2v) is 6.61. The first kappa shape index (κ1) is 16.4. The van der Waals surface area contributed by atoms with Gasteiger partial charge in [0.05, 0.1) is 17.7 Å². The fraction of sp³-hybridized carbons (Fsp3) is 0.125. The van der Waals surface area contributed by atoms with Gasteiger partial charge in [-0.2, -0.15) is 0 Å². The molecule has 6 heteroatoms. The molecular weight excluding hydrogens is 322 g/mol. The molecule has 0 spiro atoms. The minimum Gasteiger partial charge on any atom is -0.497 e. The Labute approximate surface area is 135 Å². The maximum atomic E-state index is 12.4. The van der Waals surface area contributed by atoms with Crippen LogP contribution in [0.1, 0.15) is 12.5 Å². The maximum absolute atomic E-state index is 12.4. The molecule has 0 radical (unpaired) electrons. The SMILES string of the molecule is C/C=C(/NS(=O)(=O)c1ccc(OC)cc1)c1ccc(Cl)cc1. The minimum absolute atomic E-state index is 0.168. The molecule has 4 nitrogen and oxygen atoms in total. The van der Waals surface area contributed by atoms with E-state index >= 15 is 0 Å². The lowest BCUT2D eigenvalue weighted by molar-refractivity contribution is 0.414. The van der Waals surface area contributed by atoms with Gasteiger partial charge in [0, 0.05) is 5.02 Å². The van der Waals surface area contributed by atoms with Crippen LogP contribution in [0.15, 0.2) is 59.5 Å². The summed E-state index contributed by atoms with van der Waals surface area (Å²) in [7, 11) is -2.13. The van der Waals surface area contributed by atoms with Gasteiger partial charge in [-0.05, 0) is 48.9 Å². The molecule has 116 valence electrons. The van der Waals surface area contributed by atoms with Crippen LogP contribution in [-0.4, -0.2) is 15.5 Å². The lowest BCUT2D eigenvalue weighted by Gasteiger charge is -2.12. The van der Waals surface area contributed by atoms with Crippen LogP contribution in [0.5, 0.6) is 5.75 Å². The molecule has 0 amide bonds. The van der Waals surface area contributed by atoms with E-state index in [9.17, 15) is 8.42 Å². The number of ether oxygens (including phenoxy) is 1. The van der Waals surface area contributed by atoms with Crippen molar-refractivity contribution in [3.63, 3.8) is 0 Å². The Bertz CT molecular complexity index is 766. The molecule has 0 saturated carbocycles. The molecule has 0 aliphatic carbocycles. The van der Waals surface area contributed by atoms with Crippen molar-refractivity contribution in [3.8, 4) is 5.75 Å². The van der Waals surface area contributed by atoms with Crippen LogP contribution in [0, 0.1) is 0 Å². The van der Waals surface area contributed by atoms with E-state index in [4.69, 9.17) is 16.3 Å². The van der Waals surface area contributed by atoms with Gasteiger partial charge >= 0.3 is 0 Å². The Morgan fingerprint density at radius 1 is 1.09 bits per heavy atom. The summed E-state index contributed by atoms with van der Waals surface area (Å²) in [6, 6.07) is 13.1. The Balaban J connectivity index is 2.27. The predicted octanol–water partition coefficient (Wildman–Crippen LogP) is 3.69. The van der Waals surface area contributed by atoms with Gasteiger partial charge in [0.2, 0.25) is 0 Å². The van der Waals surface area contributed by atoms with E-state index in [0.29, 0.717) is 16.5 Å². The average Bonchev–Trinajstić information content (AvgIpc) is 2.53. The first-order chi connectivity index (χ1) is 10.5. The molecule has 0 fully saturated rings. The summed E-state index contributed by atoms with van der Waals surface area (Å²) in [6.45, 7) is 1.76. The second kappa shape index (κ2) is 6.85. The third-order valence-electron chi connectivity index (χ3n) is 3.06. The Morgan fingerprint density at radius 3 is 2.18 bits per heavy atom. The number of methoxy groups -OCH3 is 1. The van der Waals surface area contributed by atoms with Crippen LogP contribution in [0.2, 0.25) is 5.02 Å².